The van der Waals surface area contributed by atoms with Crippen LogP contribution in [0.25, 0.3) is 11.4 Å². The predicted molar refractivity (Wildman–Crippen MR) is 122 cm³/mol. The maximum Gasteiger partial charge on any atom is 0.335 e. The van der Waals surface area contributed by atoms with Gasteiger partial charge in [-0.15, -0.1) is 0 Å². The third-order valence-electron chi connectivity index (χ3n) is 5.62. The van der Waals surface area contributed by atoms with Crippen molar-refractivity contribution in [2.75, 3.05) is 0 Å². The Morgan fingerprint density at radius 3 is 2.31 bits per heavy atom. The number of hydrogen-bond acceptors (Lipinski definition) is 5. The van der Waals surface area contributed by atoms with Crippen LogP contribution in [0.4, 0.5) is 0 Å². The lowest BCUT2D eigenvalue weighted by atomic mass is 10.1. The molecule has 0 spiro atoms. The molecule has 0 radical (unpaired) electrons. The van der Waals surface area contributed by atoms with Crippen molar-refractivity contribution in [3.63, 3.8) is 0 Å². The molecule has 0 saturated carbocycles. The zero-order valence-electron chi connectivity index (χ0n) is 18.3. The van der Waals surface area contributed by atoms with Gasteiger partial charge in [0.15, 0.2) is 17.3 Å². The van der Waals surface area contributed by atoms with Gasteiger partial charge in [0.25, 0.3) is 6.29 Å². The summed E-state index contributed by atoms with van der Waals surface area (Å²) >= 11 is 0. The van der Waals surface area contributed by atoms with Gasteiger partial charge in [-0.2, -0.15) is 0 Å². The van der Waals surface area contributed by atoms with Crippen LogP contribution in [0.3, 0.4) is 0 Å². The number of fused-ring (bicyclic) bond motifs is 1. The van der Waals surface area contributed by atoms with Crippen LogP contribution < -0.4 is 9.47 Å². The SMILES string of the molecule is CCCCCCCCc1cnc(-c2ccc(C3Oc4ccc(C(=O)O)cc4O3)cc2)nc1. The van der Waals surface area contributed by atoms with Gasteiger partial charge in [0.2, 0.25) is 0 Å². The lowest BCUT2D eigenvalue weighted by molar-refractivity contribution is 0.0486. The third kappa shape index (κ3) is 5.25. The lowest BCUT2D eigenvalue weighted by Gasteiger charge is -2.11. The lowest BCUT2D eigenvalue weighted by Crippen LogP contribution is -2.07. The van der Waals surface area contributed by atoms with Crippen LogP contribution in [-0.4, -0.2) is 21.0 Å². The van der Waals surface area contributed by atoms with Crippen LogP contribution in [0.15, 0.2) is 54.9 Å². The second-order valence-electron chi connectivity index (χ2n) is 8.09. The highest BCUT2D eigenvalue weighted by molar-refractivity contribution is 5.88. The molecular weight excluding hydrogens is 404 g/mol. The van der Waals surface area contributed by atoms with Crippen molar-refractivity contribution >= 4 is 5.97 Å². The Bertz CT molecular complexity index is 1050. The molecule has 1 aromatic heterocycles. The van der Waals surface area contributed by atoms with E-state index >= 15 is 0 Å². The van der Waals surface area contributed by atoms with Crippen LogP contribution in [-0.2, 0) is 6.42 Å². The number of aryl methyl sites for hydroxylation is 1. The molecule has 32 heavy (non-hydrogen) atoms. The van der Waals surface area contributed by atoms with Gasteiger partial charge in [0.05, 0.1) is 5.56 Å². The van der Waals surface area contributed by atoms with E-state index in [0.29, 0.717) is 17.3 Å². The summed E-state index contributed by atoms with van der Waals surface area (Å²) in [7, 11) is 0. The smallest absolute Gasteiger partial charge is 0.335 e. The molecule has 1 N–H and O–H groups in total. The van der Waals surface area contributed by atoms with E-state index in [1.54, 1.807) is 6.07 Å². The first-order chi connectivity index (χ1) is 15.6. The minimum Gasteiger partial charge on any atom is -0.478 e. The van der Waals surface area contributed by atoms with Crippen molar-refractivity contribution in [2.45, 2.75) is 58.2 Å². The Hall–Kier alpha value is -3.41. The molecule has 166 valence electrons. The van der Waals surface area contributed by atoms with Gasteiger partial charge >= 0.3 is 5.97 Å². The summed E-state index contributed by atoms with van der Waals surface area (Å²) in [6.07, 6.45) is 11.9. The number of aromatic carboxylic acids is 1. The van der Waals surface area contributed by atoms with Gasteiger partial charge in [-0.25, -0.2) is 14.8 Å². The van der Waals surface area contributed by atoms with Crippen LogP contribution in [0.5, 0.6) is 11.5 Å². The van der Waals surface area contributed by atoms with Gasteiger partial charge in [0, 0.05) is 23.5 Å². The summed E-state index contributed by atoms with van der Waals surface area (Å²) in [6.45, 7) is 2.24. The van der Waals surface area contributed by atoms with Crippen LogP contribution in [0.2, 0.25) is 0 Å². The Kier molecular flexibility index (Phi) is 7.00. The second-order valence-corrected chi connectivity index (χ2v) is 8.09. The number of rotatable bonds is 10. The molecule has 0 fully saturated rings. The van der Waals surface area contributed by atoms with Crippen molar-refractivity contribution < 1.29 is 19.4 Å². The predicted octanol–water partition coefficient (Wildman–Crippen LogP) is 6.21. The first-order valence-corrected chi connectivity index (χ1v) is 11.3. The Labute approximate surface area is 188 Å². The Morgan fingerprint density at radius 1 is 0.906 bits per heavy atom. The molecule has 1 aliphatic rings. The van der Waals surface area contributed by atoms with Crippen molar-refractivity contribution in [1.82, 2.24) is 9.97 Å². The molecule has 2 heterocycles. The highest BCUT2D eigenvalue weighted by Crippen LogP contribution is 2.41. The van der Waals surface area contributed by atoms with Crippen molar-refractivity contribution in [2.24, 2.45) is 0 Å². The first-order valence-electron chi connectivity index (χ1n) is 11.3. The van der Waals surface area contributed by atoms with E-state index in [1.807, 2.05) is 36.7 Å². The molecule has 2 aromatic carbocycles. The summed E-state index contributed by atoms with van der Waals surface area (Å²) in [5.74, 6) is 0.657. The molecule has 1 aliphatic heterocycles. The summed E-state index contributed by atoms with van der Waals surface area (Å²) < 4.78 is 11.6. The fraction of sp³-hybridized carbons (Fsp3) is 0.346. The topological polar surface area (TPSA) is 81.5 Å². The van der Waals surface area contributed by atoms with Crippen molar-refractivity contribution in [1.29, 1.82) is 0 Å². The first kappa shape index (κ1) is 21.8. The number of carboxylic acids is 1. The number of unbranched alkanes of at least 4 members (excludes halogenated alkanes) is 5. The van der Waals surface area contributed by atoms with Crippen LogP contribution >= 0.6 is 0 Å². The summed E-state index contributed by atoms with van der Waals surface area (Å²) in [6, 6.07) is 12.3. The van der Waals surface area contributed by atoms with Gasteiger partial charge in [0.1, 0.15) is 0 Å². The molecule has 3 aromatic rings. The number of nitrogens with zero attached hydrogens (tertiary/aromatic N) is 2. The van der Waals surface area contributed by atoms with Gasteiger partial charge in [-0.05, 0) is 36.6 Å². The van der Waals surface area contributed by atoms with Gasteiger partial charge < -0.3 is 14.6 Å². The Balaban J connectivity index is 1.33. The number of hydrogen-bond donors (Lipinski definition) is 1. The molecule has 1 atom stereocenters. The van der Waals surface area contributed by atoms with E-state index in [4.69, 9.17) is 14.6 Å². The highest BCUT2D eigenvalue weighted by Gasteiger charge is 2.26. The third-order valence-corrected chi connectivity index (χ3v) is 5.62. The van der Waals surface area contributed by atoms with E-state index in [0.717, 1.165) is 17.5 Å². The summed E-state index contributed by atoms with van der Waals surface area (Å²) in [5.41, 5.74) is 3.10. The second kappa shape index (κ2) is 10.3. The minimum absolute atomic E-state index is 0.167. The maximum absolute atomic E-state index is 11.1. The van der Waals surface area contributed by atoms with E-state index in [2.05, 4.69) is 16.9 Å². The zero-order chi connectivity index (χ0) is 22.3. The quantitative estimate of drug-likeness (QED) is 0.383. The number of benzene rings is 2. The molecule has 1 unspecified atom stereocenters. The fourth-order valence-corrected chi connectivity index (χ4v) is 3.75. The molecule has 0 aliphatic carbocycles. The molecule has 6 heteroatoms. The minimum atomic E-state index is -0.998. The average molecular weight is 433 g/mol. The van der Waals surface area contributed by atoms with E-state index in [-0.39, 0.29) is 5.56 Å². The molecular formula is C26H28N2O4. The molecule has 6 nitrogen and oxygen atoms in total. The molecule has 4 rings (SSSR count). The van der Waals surface area contributed by atoms with Crippen molar-refractivity contribution in [3.05, 3.63) is 71.5 Å². The number of carboxylic acid groups (broad SMARTS) is 1. The number of carbonyl (C=O) groups is 1. The Morgan fingerprint density at radius 2 is 1.59 bits per heavy atom. The van der Waals surface area contributed by atoms with Crippen LogP contribution in [0.1, 0.15) is 73.2 Å². The fourth-order valence-electron chi connectivity index (χ4n) is 3.75. The monoisotopic (exact) mass is 432 g/mol. The highest BCUT2D eigenvalue weighted by atomic mass is 16.7. The normalized spacial score (nSPS) is 14.5. The number of ether oxygens (including phenoxy) is 2. The van der Waals surface area contributed by atoms with Crippen molar-refractivity contribution in [3.8, 4) is 22.9 Å². The zero-order valence-corrected chi connectivity index (χ0v) is 18.3. The van der Waals surface area contributed by atoms with Gasteiger partial charge in [-0.1, -0.05) is 63.3 Å². The summed E-state index contributed by atoms with van der Waals surface area (Å²) in [5, 5.41) is 9.13. The van der Waals surface area contributed by atoms with E-state index < -0.39 is 12.3 Å². The number of aromatic nitrogens is 2. The molecule has 0 saturated heterocycles. The van der Waals surface area contributed by atoms with Gasteiger partial charge in [-0.3, -0.25) is 0 Å². The standard InChI is InChI=1S/C26H28N2O4/c1-2-3-4-5-6-7-8-18-16-27-24(28-17-18)19-9-11-20(12-10-19)26-31-22-14-13-21(25(29)30)15-23(22)32-26/h9-17,26H,2-8H2,1H3,(H,29,30). The van der Waals surface area contributed by atoms with E-state index in [1.165, 1.54) is 56.2 Å². The summed E-state index contributed by atoms with van der Waals surface area (Å²) in [4.78, 5) is 20.2. The maximum atomic E-state index is 11.1. The largest absolute Gasteiger partial charge is 0.478 e. The average Bonchev–Trinajstić information content (AvgIpc) is 3.25. The molecule has 0 bridgehead atoms. The van der Waals surface area contributed by atoms with Crippen LogP contribution in [0, 0.1) is 0 Å². The molecule has 0 amide bonds. The van der Waals surface area contributed by atoms with E-state index in [9.17, 15) is 4.79 Å².